The summed E-state index contributed by atoms with van der Waals surface area (Å²) in [5.74, 6) is -1.42. The number of aryl methyl sites for hydroxylation is 1. The Morgan fingerprint density at radius 3 is 2.70 bits per heavy atom. The molecular weight excluding hydrogens is 352 g/mol. The van der Waals surface area contributed by atoms with Gasteiger partial charge in [-0.1, -0.05) is 25.1 Å². The van der Waals surface area contributed by atoms with Crippen LogP contribution in [0.15, 0.2) is 42.6 Å². The Labute approximate surface area is 156 Å². The second kappa shape index (κ2) is 9.27. The minimum atomic E-state index is -0.692. The van der Waals surface area contributed by atoms with E-state index in [1.165, 1.54) is 30.3 Å². The number of pyridine rings is 1. The van der Waals surface area contributed by atoms with Crippen LogP contribution in [0.25, 0.3) is 0 Å². The molecular formula is C18H20N4O5. The molecule has 2 amide bonds. The predicted octanol–water partition coefficient (Wildman–Crippen LogP) is 2.03. The Morgan fingerprint density at radius 1 is 1.26 bits per heavy atom. The summed E-state index contributed by atoms with van der Waals surface area (Å²) in [4.78, 5) is 39.3. The average molecular weight is 372 g/mol. The van der Waals surface area contributed by atoms with Crippen molar-refractivity contribution in [1.29, 1.82) is 0 Å². The number of benzene rings is 1. The van der Waals surface area contributed by atoms with Crippen molar-refractivity contribution in [3.05, 3.63) is 58.3 Å². The number of ether oxygens (including phenoxy) is 1. The molecule has 0 aliphatic heterocycles. The van der Waals surface area contributed by atoms with Crippen LogP contribution in [0.5, 0.6) is 5.75 Å². The number of amides is 2. The van der Waals surface area contributed by atoms with Gasteiger partial charge in [0.15, 0.2) is 6.61 Å². The molecule has 0 fully saturated rings. The number of carbonyl (C=O) groups excluding carboxylic acids is 2. The molecule has 0 saturated carbocycles. The maximum absolute atomic E-state index is 12.2. The highest BCUT2D eigenvalue weighted by Crippen LogP contribution is 2.22. The van der Waals surface area contributed by atoms with Gasteiger partial charge in [0, 0.05) is 12.7 Å². The molecule has 9 nitrogen and oxygen atoms in total. The quantitative estimate of drug-likeness (QED) is 0.560. The summed E-state index contributed by atoms with van der Waals surface area (Å²) < 4.78 is 5.19. The molecule has 0 saturated heterocycles. The minimum Gasteiger partial charge on any atom is -0.476 e. The van der Waals surface area contributed by atoms with Gasteiger partial charge in [-0.2, -0.15) is 0 Å². The Balaban J connectivity index is 1.90. The van der Waals surface area contributed by atoms with Gasteiger partial charge in [-0.3, -0.25) is 9.59 Å². The number of hydrogen-bond donors (Lipinski definition) is 1. The molecule has 1 N–H and O–H groups in total. The van der Waals surface area contributed by atoms with Gasteiger partial charge in [0.2, 0.25) is 11.7 Å². The number of anilines is 1. The monoisotopic (exact) mass is 372 g/mol. The molecule has 0 atom stereocenters. The molecule has 1 aromatic heterocycles. The van der Waals surface area contributed by atoms with Crippen LogP contribution in [0.2, 0.25) is 0 Å². The number of nitrogens with one attached hydrogen (secondary N) is 1. The zero-order valence-electron chi connectivity index (χ0n) is 15.0. The number of rotatable bonds is 8. The van der Waals surface area contributed by atoms with Crippen LogP contribution >= 0.6 is 0 Å². The van der Waals surface area contributed by atoms with Gasteiger partial charge in [-0.25, -0.2) is 0 Å². The summed E-state index contributed by atoms with van der Waals surface area (Å²) in [6.07, 6.45) is 2.03. The number of likely N-dealkylation sites (N-methyl/N-ethyl adjacent to an activating group) is 1. The van der Waals surface area contributed by atoms with Crippen LogP contribution in [0, 0.1) is 10.1 Å². The lowest BCUT2D eigenvalue weighted by Gasteiger charge is -2.17. The molecule has 1 heterocycles. The van der Waals surface area contributed by atoms with Crippen molar-refractivity contribution in [1.82, 2.24) is 9.88 Å². The molecule has 1 aromatic carbocycles. The lowest BCUT2D eigenvalue weighted by atomic mass is 10.1. The largest absolute Gasteiger partial charge is 0.476 e. The summed E-state index contributed by atoms with van der Waals surface area (Å²) in [5, 5.41) is 13.7. The standard InChI is InChI=1S/C18H20N4O5/c1-3-13-7-4-5-8-14(13)20-16(23)11-21(2)17(24)12-27-15-9-6-10-19-18(15)22(25)26/h4-10H,3,11-12H2,1-2H3,(H,20,23). The lowest BCUT2D eigenvalue weighted by Crippen LogP contribution is -2.37. The first-order valence-corrected chi connectivity index (χ1v) is 8.26. The van der Waals surface area contributed by atoms with Gasteiger partial charge in [0.05, 0.1) is 6.54 Å². The van der Waals surface area contributed by atoms with Crippen LogP contribution in [0.1, 0.15) is 12.5 Å². The maximum atomic E-state index is 12.2. The summed E-state index contributed by atoms with van der Waals surface area (Å²) in [7, 11) is 1.45. The van der Waals surface area contributed by atoms with Gasteiger partial charge >= 0.3 is 5.82 Å². The van der Waals surface area contributed by atoms with Gasteiger partial charge in [0.1, 0.15) is 6.20 Å². The van der Waals surface area contributed by atoms with Crippen molar-refractivity contribution < 1.29 is 19.2 Å². The summed E-state index contributed by atoms with van der Waals surface area (Å²) in [5.41, 5.74) is 1.69. The van der Waals surface area contributed by atoms with E-state index in [9.17, 15) is 19.7 Å². The van der Waals surface area contributed by atoms with E-state index in [4.69, 9.17) is 4.74 Å². The second-order valence-electron chi connectivity index (χ2n) is 5.68. The number of hydrogen-bond acceptors (Lipinski definition) is 6. The van der Waals surface area contributed by atoms with E-state index < -0.39 is 23.3 Å². The smallest absolute Gasteiger partial charge is 0.406 e. The Morgan fingerprint density at radius 2 is 2.00 bits per heavy atom. The molecule has 2 aromatic rings. The topological polar surface area (TPSA) is 115 Å². The fourth-order valence-electron chi connectivity index (χ4n) is 2.33. The Hall–Kier alpha value is -3.49. The van der Waals surface area contributed by atoms with Gasteiger partial charge in [-0.05, 0) is 40.1 Å². The van der Waals surface area contributed by atoms with E-state index in [1.807, 2.05) is 25.1 Å². The molecule has 142 valence electrons. The van der Waals surface area contributed by atoms with Crippen molar-refractivity contribution >= 4 is 23.3 Å². The first kappa shape index (κ1) is 19.8. The molecule has 0 aliphatic carbocycles. The third-order valence-corrected chi connectivity index (χ3v) is 3.75. The molecule has 0 radical (unpaired) electrons. The molecule has 0 spiro atoms. The van der Waals surface area contributed by atoms with Crippen LogP contribution < -0.4 is 10.1 Å². The molecule has 0 unspecified atom stereocenters. The SMILES string of the molecule is CCc1ccccc1NC(=O)CN(C)C(=O)COc1cccnc1[N+](=O)[O-]. The van der Waals surface area contributed by atoms with Crippen LogP contribution in [-0.4, -0.2) is 46.8 Å². The van der Waals surface area contributed by atoms with E-state index in [0.717, 1.165) is 12.0 Å². The highest BCUT2D eigenvalue weighted by Gasteiger charge is 2.19. The molecule has 0 aliphatic rings. The van der Waals surface area contributed by atoms with Crippen LogP contribution in [-0.2, 0) is 16.0 Å². The van der Waals surface area contributed by atoms with Gasteiger partial charge < -0.3 is 25.1 Å². The lowest BCUT2D eigenvalue weighted by molar-refractivity contribution is -0.390. The Kier molecular flexibility index (Phi) is 6.81. The number of carbonyl (C=O) groups is 2. The summed E-state index contributed by atoms with van der Waals surface area (Å²) in [6, 6.07) is 10.2. The van der Waals surface area contributed by atoms with Crippen molar-refractivity contribution in [2.45, 2.75) is 13.3 Å². The van der Waals surface area contributed by atoms with Crippen molar-refractivity contribution in [2.24, 2.45) is 0 Å². The third-order valence-electron chi connectivity index (χ3n) is 3.75. The highest BCUT2D eigenvalue weighted by atomic mass is 16.6. The Bertz CT molecular complexity index is 840. The molecule has 2 rings (SSSR count). The van der Waals surface area contributed by atoms with E-state index in [1.54, 1.807) is 6.07 Å². The fourth-order valence-corrected chi connectivity index (χ4v) is 2.33. The summed E-state index contributed by atoms with van der Waals surface area (Å²) >= 11 is 0. The average Bonchev–Trinajstić information content (AvgIpc) is 2.66. The van der Waals surface area contributed by atoms with Gasteiger partial charge in [0.25, 0.3) is 5.91 Å². The zero-order valence-corrected chi connectivity index (χ0v) is 15.0. The van der Waals surface area contributed by atoms with Gasteiger partial charge in [-0.15, -0.1) is 0 Å². The molecule has 27 heavy (non-hydrogen) atoms. The second-order valence-corrected chi connectivity index (χ2v) is 5.68. The fraction of sp³-hybridized carbons (Fsp3) is 0.278. The van der Waals surface area contributed by atoms with E-state index >= 15 is 0 Å². The van der Waals surface area contributed by atoms with Crippen molar-refractivity contribution in [2.75, 3.05) is 25.5 Å². The third kappa shape index (κ3) is 5.50. The van der Waals surface area contributed by atoms with E-state index in [2.05, 4.69) is 10.3 Å². The maximum Gasteiger partial charge on any atom is 0.406 e. The van der Waals surface area contributed by atoms with Crippen molar-refractivity contribution in [3.8, 4) is 5.75 Å². The predicted molar refractivity (Wildman–Crippen MR) is 98.5 cm³/mol. The normalized spacial score (nSPS) is 10.1. The number of nitro groups is 1. The first-order chi connectivity index (χ1) is 12.9. The molecule has 9 heteroatoms. The molecule has 0 bridgehead atoms. The van der Waals surface area contributed by atoms with Crippen LogP contribution in [0.4, 0.5) is 11.5 Å². The first-order valence-electron chi connectivity index (χ1n) is 8.26. The van der Waals surface area contributed by atoms with E-state index in [-0.39, 0.29) is 18.2 Å². The summed E-state index contributed by atoms with van der Waals surface area (Å²) in [6.45, 7) is 1.37. The number of aromatic nitrogens is 1. The number of para-hydroxylation sites is 1. The van der Waals surface area contributed by atoms with E-state index in [0.29, 0.717) is 5.69 Å². The minimum absolute atomic E-state index is 0.106. The number of nitrogens with zero attached hydrogens (tertiary/aromatic N) is 3. The zero-order chi connectivity index (χ0) is 19.8. The van der Waals surface area contributed by atoms with Crippen molar-refractivity contribution in [3.63, 3.8) is 0 Å². The van der Waals surface area contributed by atoms with Crippen LogP contribution in [0.3, 0.4) is 0 Å². The highest BCUT2D eigenvalue weighted by molar-refractivity contribution is 5.95.